The molecule has 0 aromatic heterocycles. The lowest BCUT2D eigenvalue weighted by molar-refractivity contribution is -0.0642. The molecule has 3 nitrogen and oxygen atoms in total. The Balaban J connectivity index is 2.32. The lowest BCUT2D eigenvalue weighted by Crippen LogP contribution is -2.51. The van der Waals surface area contributed by atoms with E-state index in [9.17, 15) is 0 Å². The normalized spacial score (nSPS) is 30.4. The van der Waals surface area contributed by atoms with Gasteiger partial charge in [0.1, 0.15) is 0 Å². The fourth-order valence-electron chi connectivity index (χ4n) is 2.20. The molecule has 1 heterocycles. The fraction of sp³-hybridized carbons (Fsp3) is 1.00. The van der Waals surface area contributed by atoms with Gasteiger partial charge in [-0.2, -0.15) is 0 Å². The predicted molar refractivity (Wildman–Crippen MR) is 64.2 cm³/mol. The summed E-state index contributed by atoms with van der Waals surface area (Å²) in [6.07, 6.45) is 1.62. The molecule has 0 aliphatic carbocycles. The zero-order chi connectivity index (χ0) is 11.3. The summed E-state index contributed by atoms with van der Waals surface area (Å²) in [4.78, 5) is 2.57. The topological polar surface area (TPSA) is 24.5 Å². The van der Waals surface area contributed by atoms with Crippen LogP contribution in [-0.2, 0) is 4.74 Å². The first-order valence-electron chi connectivity index (χ1n) is 6.23. The molecule has 1 N–H and O–H groups in total. The smallest absolute Gasteiger partial charge is 0.0674 e. The zero-order valence-electron chi connectivity index (χ0n) is 10.6. The fourth-order valence-corrected chi connectivity index (χ4v) is 2.20. The van der Waals surface area contributed by atoms with Gasteiger partial charge in [0, 0.05) is 18.6 Å². The molecule has 0 saturated carbocycles. The molecule has 0 amide bonds. The Labute approximate surface area is 94.2 Å². The highest BCUT2D eigenvalue weighted by Crippen LogP contribution is 2.16. The highest BCUT2D eigenvalue weighted by atomic mass is 16.5. The second-order valence-corrected chi connectivity index (χ2v) is 4.68. The maximum Gasteiger partial charge on any atom is 0.0674 e. The van der Waals surface area contributed by atoms with Gasteiger partial charge < -0.3 is 10.1 Å². The van der Waals surface area contributed by atoms with E-state index in [1.165, 1.54) is 6.42 Å². The summed E-state index contributed by atoms with van der Waals surface area (Å²) in [5.74, 6) is 0. The Morgan fingerprint density at radius 1 is 1.47 bits per heavy atom. The summed E-state index contributed by atoms with van der Waals surface area (Å²) in [5.41, 5.74) is 0. The van der Waals surface area contributed by atoms with Gasteiger partial charge in [0.15, 0.2) is 0 Å². The summed E-state index contributed by atoms with van der Waals surface area (Å²) in [6, 6.07) is 1.23. The van der Waals surface area contributed by atoms with E-state index in [1.807, 2.05) is 0 Å². The number of hydrogen-bond donors (Lipinski definition) is 1. The summed E-state index contributed by atoms with van der Waals surface area (Å²) in [6.45, 7) is 13.1. The molecule has 1 aliphatic rings. The van der Waals surface area contributed by atoms with Crippen LogP contribution in [0.15, 0.2) is 0 Å². The summed E-state index contributed by atoms with van der Waals surface area (Å²) in [5, 5.41) is 3.39. The first-order valence-corrected chi connectivity index (χ1v) is 6.23. The minimum atomic E-state index is 0.391. The Bertz CT molecular complexity index is 175. The molecule has 0 bridgehead atoms. The SMILES string of the molecule is CCNCCC(C)N1CC(C)OCC1C. The van der Waals surface area contributed by atoms with Crippen molar-refractivity contribution in [3.63, 3.8) is 0 Å². The van der Waals surface area contributed by atoms with Gasteiger partial charge in [-0.05, 0) is 40.3 Å². The molecule has 3 atom stereocenters. The molecule has 0 aromatic rings. The third-order valence-electron chi connectivity index (χ3n) is 3.21. The molecular formula is C12H26N2O. The molecule has 0 aromatic carbocycles. The number of morpholine rings is 1. The number of hydrogen-bond acceptors (Lipinski definition) is 3. The van der Waals surface area contributed by atoms with Crippen molar-refractivity contribution in [2.24, 2.45) is 0 Å². The highest BCUT2D eigenvalue weighted by Gasteiger charge is 2.26. The number of ether oxygens (including phenoxy) is 1. The average molecular weight is 214 g/mol. The quantitative estimate of drug-likeness (QED) is 0.702. The van der Waals surface area contributed by atoms with Crippen LogP contribution in [0.4, 0.5) is 0 Å². The van der Waals surface area contributed by atoms with Gasteiger partial charge in [0.2, 0.25) is 0 Å². The molecule has 90 valence electrons. The molecule has 0 spiro atoms. The van der Waals surface area contributed by atoms with E-state index in [4.69, 9.17) is 4.74 Å². The van der Waals surface area contributed by atoms with Crippen molar-refractivity contribution in [1.29, 1.82) is 0 Å². The minimum absolute atomic E-state index is 0.391. The van der Waals surface area contributed by atoms with Crippen LogP contribution < -0.4 is 5.32 Å². The molecule has 3 heteroatoms. The van der Waals surface area contributed by atoms with Gasteiger partial charge in [-0.15, -0.1) is 0 Å². The van der Waals surface area contributed by atoms with Crippen molar-refractivity contribution in [3.05, 3.63) is 0 Å². The average Bonchev–Trinajstić information content (AvgIpc) is 2.22. The number of nitrogens with zero attached hydrogens (tertiary/aromatic N) is 1. The summed E-state index contributed by atoms with van der Waals surface area (Å²) < 4.78 is 5.64. The number of nitrogens with one attached hydrogen (secondary N) is 1. The van der Waals surface area contributed by atoms with E-state index in [2.05, 4.69) is 37.9 Å². The van der Waals surface area contributed by atoms with Crippen LogP contribution in [0.25, 0.3) is 0 Å². The maximum atomic E-state index is 5.64. The van der Waals surface area contributed by atoms with E-state index < -0.39 is 0 Å². The van der Waals surface area contributed by atoms with E-state index in [0.29, 0.717) is 18.2 Å². The largest absolute Gasteiger partial charge is 0.376 e. The van der Waals surface area contributed by atoms with Crippen molar-refractivity contribution >= 4 is 0 Å². The van der Waals surface area contributed by atoms with E-state index in [0.717, 1.165) is 26.2 Å². The van der Waals surface area contributed by atoms with Gasteiger partial charge in [0.05, 0.1) is 12.7 Å². The van der Waals surface area contributed by atoms with Gasteiger partial charge in [-0.1, -0.05) is 6.92 Å². The van der Waals surface area contributed by atoms with Crippen LogP contribution in [0.3, 0.4) is 0 Å². The monoisotopic (exact) mass is 214 g/mol. The van der Waals surface area contributed by atoms with Gasteiger partial charge in [-0.3, -0.25) is 4.90 Å². The summed E-state index contributed by atoms with van der Waals surface area (Å²) >= 11 is 0. The number of rotatable bonds is 5. The Kier molecular flexibility index (Phi) is 5.58. The van der Waals surface area contributed by atoms with E-state index in [1.54, 1.807) is 0 Å². The maximum absolute atomic E-state index is 5.64. The van der Waals surface area contributed by atoms with E-state index >= 15 is 0 Å². The van der Waals surface area contributed by atoms with Crippen LogP contribution in [-0.4, -0.2) is 49.3 Å². The van der Waals surface area contributed by atoms with Crippen LogP contribution in [0, 0.1) is 0 Å². The molecular weight excluding hydrogens is 188 g/mol. The Morgan fingerprint density at radius 2 is 2.20 bits per heavy atom. The van der Waals surface area contributed by atoms with Crippen molar-refractivity contribution in [1.82, 2.24) is 10.2 Å². The standard InChI is InChI=1S/C12H26N2O/c1-5-13-7-6-10(2)14-8-12(4)15-9-11(14)3/h10-13H,5-9H2,1-4H3. The highest BCUT2D eigenvalue weighted by molar-refractivity contribution is 4.80. The summed E-state index contributed by atoms with van der Waals surface area (Å²) in [7, 11) is 0. The van der Waals surface area contributed by atoms with Crippen molar-refractivity contribution in [2.45, 2.75) is 52.3 Å². The lowest BCUT2D eigenvalue weighted by Gasteiger charge is -2.40. The van der Waals surface area contributed by atoms with Gasteiger partial charge in [0.25, 0.3) is 0 Å². The zero-order valence-corrected chi connectivity index (χ0v) is 10.6. The lowest BCUT2D eigenvalue weighted by atomic mass is 10.1. The molecule has 1 aliphatic heterocycles. The first-order chi connectivity index (χ1) is 7.15. The second kappa shape index (κ2) is 6.46. The van der Waals surface area contributed by atoms with Crippen LogP contribution in [0.5, 0.6) is 0 Å². The third-order valence-corrected chi connectivity index (χ3v) is 3.21. The minimum Gasteiger partial charge on any atom is -0.376 e. The molecule has 0 radical (unpaired) electrons. The molecule has 1 saturated heterocycles. The van der Waals surface area contributed by atoms with Crippen LogP contribution in [0.2, 0.25) is 0 Å². The van der Waals surface area contributed by atoms with Crippen molar-refractivity contribution in [2.75, 3.05) is 26.2 Å². The van der Waals surface area contributed by atoms with Crippen LogP contribution in [0.1, 0.15) is 34.1 Å². The van der Waals surface area contributed by atoms with Crippen molar-refractivity contribution < 1.29 is 4.74 Å². The molecule has 1 fully saturated rings. The van der Waals surface area contributed by atoms with Crippen molar-refractivity contribution in [3.8, 4) is 0 Å². The third kappa shape index (κ3) is 4.09. The van der Waals surface area contributed by atoms with Gasteiger partial charge in [-0.25, -0.2) is 0 Å². The van der Waals surface area contributed by atoms with Crippen LogP contribution >= 0.6 is 0 Å². The Hall–Kier alpha value is -0.120. The molecule has 1 rings (SSSR count). The second-order valence-electron chi connectivity index (χ2n) is 4.68. The molecule has 3 unspecified atom stereocenters. The predicted octanol–water partition coefficient (Wildman–Crippen LogP) is 1.48. The van der Waals surface area contributed by atoms with E-state index in [-0.39, 0.29) is 0 Å². The first kappa shape index (κ1) is 12.9. The molecule has 15 heavy (non-hydrogen) atoms. The Morgan fingerprint density at radius 3 is 2.87 bits per heavy atom. The van der Waals surface area contributed by atoms with Gasteiger partial charge >= 0.3 is 0 Å².